The van der Waals surface area contributed by atoms with Crippen LogP contribution >= 0.6 is 11.3 Å². The summed E-state index contributed by atoms with van der Waals surface area (Å²) in [4.78, 5) is 28.2. The number of nitrogens with one attached hydrogen (secondary N) is 1. The molecule has 0 aliphatic carbocycles. The Bertz CT molecular complexity index is 818. The van der Waals surface area contributed by atoms with Crippen molar-refractivity contribution in [1.29, 1.82) is 0 Å². The minimum atomic E-state index is -0.217. The number of hydrogen-bond donors (Lipinski definition) is 1. The van der Waals surface area contributed by atoms with Crippen molar-refractivity contribution < 1.29 is 4.79 Å². The zero-order chi connectivity index (χ0) is 16.9. The Balaban J connectivity index is 1.89. The highest BCUT2D eigenvalue weighted by molar-refractivity contribution is 7.16. The Hall–Kier alpha value is -2.64. The van der Waals surface area contributed by atoms with Crippen LogP contribution < -0.4 is 5.32 Å². The molecule has 0 aliphatic heterocycles. The van der Waals surface area contributed by atoms with Crippen LogP contribution in [0.3, 0.4) is 0 Å². The van der Waals surface area contributed by atoms with Gasteiger partial charge in [-0.05, 0) is 38.4 Å². The summed E-state index contributed by atoms with van der Waals surface area (Å²) < 4.78 is 0. The summed E-state index contributed by atoms with van der Waals surface area (Å²) in [7, 11) is 4.00. The fraction of sp³-hybridized carbons (Fsp3) is 0.176. The van der Waals surface area contributed by atoms with Crippen molar-refractivity contribution in [3.05, 3.63) is 59.5 Å². The van der Waals surface area contributed by atoms with E-state index in [0.29, 0.717) is 10.7 Å². The standard InChI is InChI=1S/C17H17N5OS/c1-22(2)11-14-15(12-5-3-7-18-9-12)20-17(24-14)21-16(23)13-6-4-8-19-10-13/h3-10H,11H2,1-2H3,(H,20,21,23). The molecule has 7 heteroatoms. The van der Waals surface area contributed by atoms with Gasteiger partial charge in [0.1, 0.15) is 0 Å². The molecule has 0 atom stereocenters. The van der Waals surface area contributed by atoms with Crippen LogP contribution in [0.5, 0.6) is 0 Å². The molecule has 0 bridgehead atoms. The van der Waals surface area contributed by atoms with Crippen LogP contribution in [0.25, 0.3) is 11.3 Å². The number of hydrogen-bond acceptors (Lipinski definition) is 6. The maximum Gasteiger partial charge on any atom is 0.259 e. The quantitative estimate of drug-likeness (QED) is 0.774. The first-order valence-corrected chi connectivity index (χ1v) is 8.21. The van der Waals surface area contributed by atoms with Crippen molar-refractivity contribution in [2.45, 2.75) is 6.54 Å². The van der Waals surface area contributed by atoms with Gasteiger partial charge in [-0.2, -0.15) is 0 Å². The highest BCUT2D eigenvalue weighted by Crippen LogP contribution is 2.31. The lowest BCUT2D eigenvalue weighted by Crippen LogP contribution is -2.11. The summed E-state index contributed by atoms with van der Waals surface area (Å²) in [6, 6.07) is 7.30. The van der Waals surface area contributed by atoms with Gasteiger partial charge in [-0.25, -0.2) is 4.98 Å². The number of rotatable bonds is 5. The van der Waals surface area contributed by atoms with Crippen LogP contribution in [-0.2, 0) is 6.54 Å². The van der Waals surface area contributed by atoms with Crippen LogP contribution in [0.15, 0.2) is 49.1 Å². The molecule has 0 spiro atoms. The molecule has 3 heterocycles. The highest BCUT2D eigenvalue weighted by Gasteiger charge is 2.16. The number of pyridine rings is 2. The first kappa shape index (κ1) is 16.2. The van der Waals surface area contributed by atoms with E-state index in [1.54, 1.807) is 30.7 Å². The normalized spacial score (nSPS) is 10.8. The Morgan fingerprint density at radius 1 is 1.17 bits per heavy atom. The summed E-state index contributed by atoms with van der Waals surface area (Å²) in [6.07, 6.45) is 6.68. The number of anilines is 1. The number of carbonyl (C=O) groups is 1. The summed E-state index contributed by atoms with van der Waals surface area (Å²) in [5.74, 6) is -0.217. The van der Waals surface area contributed by atoms with E-state index in [4.69, 9.17) is 0 Å². The molecule has 0 aliphatic rings. The summed E-state index contributed by atoms with van der Waals surface area (Å²) in [5, 5.41) is 3.42. The van der Waals surface area contributed by atoms with E-state index in [2.05, 4.69) is 25.2 Å². The van der Waals surface area contributed by atoms with Crippen molar-refractivity contribution in [2.24, 2.45) is 0 Å². The summed E-state index contributed by atoms with van der Waals surface area (Å²) in [6.45, 7) is 0.741. The number of aromatic nitrogens is 3. The largest absolute Gasteiger partial charge is 0.304 e. The van der Waals surface area contributed by atoms with E-state index in [1.165, 1.54) is 17.5 Å². The lowest BCUT2D eigenvalue weighted by Gasteiger charge is -2.08. The van der Waals surface area contributed by atoms with Gasteiger partial charge in [-0.3, -0.25) is 20.1 Å². The Kier molecular flexibility index (Phi) is 4.93. The maximum atomic E-state index is 12.3. The molecule has 122 valence electrons. The van der Waals surface area contributed by atoms with Gasteiger partial charge in [0.25, 0.3) is 5.91 Å². The summed E-state index contributed by atoms with van der Waals surface area (Å²) in [5.41, 5.74) is 2.29. The van der Waals surface area contributed by atoms with Gasteiger partial charge in [0, 0.05) is 41.8 Å². The van der Waals surface area contributed by atoms with Gasteiger partial charge >= 0.3 is 0 Å². The maximum absolute atomic E-state index is 12.3. The second-order valence-corrected chi connectivity index (χ2v) is 6.55. The van der Waals surface area contributed by atoms with Crippen molar-refractivity contribution in [1.82, 2.24) is 19.9 Å². The molecular formula is C17H17N5OS. The van der Waals surface area contributed by atoms with E-state index in [1.807, 2.05) is 26.2 Å². The molecule has 0 aromatic carbocycles. The van der Waals surface area contributed by atoms with Crippen molar-refractivity contribution in [3.63, 3.8) is 0 Å². The lowest BCUT2D eigenvalue weighted by atomic mass is 10.2. The lowest BCUT2D eigenvalue weighted by molar-refractivity contribution is 0.102. The van der Waals surface area contributed by atoms with E-state index in [-0.39, 0.29) is 5.91 Å². The van der Waals surface area contributed by atoms with E-state index >= 15 is 0 Å². The predicted octanol–water partition coefficient (Wildman–Crippen LogP) is 2.91. The van der Waals surface area contributed by atoms with Crippen LogP contribution in [0.2, 0.25) is 0 Å². The minimum absolute atomic E-state index is 0.217. The SMILES string of the molecule is CN(C)Cc1sc(NC(=O)c2cccnc2)nc1-c1cccnc1. The molecule has 6 nitrogen and oxygen atoms in total. The van der Waals surface area contributed by atoms with E-state index in [9.17, 15) is 4.79 Å². The fourth-order valence-corrected chi connectivity index (χ4v) is 3.29. The monoisotopic (exact) mass is 339 g/mol. The first-order chi connectivity index (χ1) is 11.6. The Labute approximate surface area is 144 Å². The van der Waals surface area contributed by atoms with Gasteiger partial charge in [-0.15, -0.1) is 0 Å². The fourth-order valence-electron chi connectivity index (χ4n) is 2.19. The zero-order valence-corrected chi connectivity index (χ0v) is 14.2. The summed E-state index contributed by atoms with van der Waals surface area (Å²) >= 11 is 1.47. The van der Waals surface area contributed by atoms with Gasteiger partial charge in [-0.1, -0.05) is 11.3 Å². The molecule has 3 rings (SSSR count). The minimum Gasteiger partial charge on any atom is -0.304 e. The van der Waals surface area contributed by atoms with Crippen LogP contribution in [-0.4, -0.2) is 39.9 Å². The zero-order valence-electron chi connectivity index (χ0n) is 13.4. The average molecular weight is 339 g/mol. The van der Waals surface area contributed by atoms with E-state index < -0.39 is 0 Å². The van der Waals surface area contributed by atoms with Crippen LogP contribution in [0, 0.1) is 0 Å². The number of amides is 1. The molecular weight excluding hydrogens is 322 g/mol. The van der Waals surface area contributed by atoms with Gasteiger partial charge in [0.05, 0.1) is 11.3 Å². The van der Waals surface area contributed by atoms with Crippen LogP contribution in [0.4, 0.5) is 5.13 Å². The third kappa shape index (κ3) is 3.81. The second kappa shape index (κ2) is 7.29. The molecule has 0 saturated heterocycles. The van der Waals surface area contributed by atoms with Gasteiger partial charge in [0.2, 0.25) is 0 Å². The van der Waals surface area contributed by atoms with Gasteiger partial charge < -0.3 is 4.90 Å². The molecule has 0 fully saturated rings. The predicted molar refractivity (Wildman–Crippen MR) is 94.9 cm³/mol. The van der Waals surface area contributed by atoms with Gasteiger partial charge in [0.15, 0.2) is 5.13 Å². The molecule has 0 saturated carbocycles. The Morgan fingerprint density at radius 3 is 2.54 bits per heavy atom. The van der Waals surface area contributed by atoms with E-state index in [0.717, 1.165) is 22.7 Å². The van der Waals surface area contributed by atoms with Crippen molar-refractivity contribution >= 4 is 22.4 Å². The Morgan fingerprint density at radius 2 is 1.92 bits per heavy atom. The smallest absolute Gasteiger partial charge is 0.259 e. The third-order valence-electron chi connectivity index (χ3n) is 3.24. The first-order valence-electron chi connectivity index (χ1n) is 7.39. The highest BCUT2D eigenvalue weighted by atomic mass is 32.1. The number of thiazole rings is 1. The molecule has 3 aromatic heterocycles. The van der Waals surface area contributed by atoms with Crippen molar-refractivity contribution in [2.75, 3.05) is 19.4 Å². The molecule has 1 N–H and O–H groups in total. The topological polar surface area (TPSA) is 71.0 Å². The number of carbonyl (C=O) groups excluding carboxylic acids is 1. The molecule has 3 aromatic rings. The third-order valence-corrected chi connectivity index (χ3v) is 4.19. The average Bonchev–Trinajstić information content (AvgIpc) is 2.98. The van der Waals surface area contributed by atoms with Crippen molar-refractivity contribution in [3.8, 4) is 11.3 Å². The molecule has 24 heavy (non-hydrogen) atoms. The van der Waals surface area contributed by atoms with Crippen LogP contribution in [0.1, 0.15) is 15.2 Å². The molecule has 0 radical (unpaired) electrons. The molecule has 0 unspecified atom stereocenters. The second-order valence-electron chi connectivity index (χ2n) is 5.47. The molecule has 1 amide bonds. The number of nitrogens with zero attached hydrogens (tertiary/aromatic N) is 4.